The van der Waals surface area contributed by atoms with Gasteiger partial charge < -0.3 is 5.11 Å². The van der Waals surface area contributed by atoms with E-state index in [0.717, 1.165) is 18.4 Å². The molecule has 21 heavy (non-hydrogen) atoms. The Hall–Kier alpha value is -1.71. The maximum atomic E-state index is 11.5. The van der Waals surface area contributed by atoms with Gasteiger partial charge in [0, 0.05) is 0 Å². The smallest absolute Gasteiger partial charge is 0.191 e. The first-order chi connectivity index (χ1) is 10.2. The molecule has 1 N–H and O–H groups in total. The molecule has 0 bridgehead atoms. The Bertz CT molecular complexity index is 457. The molecule has 1 aromatic carbocycles. The van der Waals surface area contributed by atoms with E-state index in [2.05, 4.69) is 12.1 Å². The highest BCUT2D eigenvalue weighted by Crippen LogP contribution is 2.21. The van der Waals surface area contributed by atoms with Crippen LogP contribution in [-0.4, -0.2) is 17.4 Å². The van der Waals surface area contributed by atoms with Crippen molar-refractivity contribution in [3.63, 3.8) is 0 Å². The molecule has 0 saturated carbocycles. The van der Waals surface area contributed by atoms with Gasteiger partial charge in [-0.3, -0.25) is 4.79 Å². The summed E-state index contributed by atoms with van der Waals surface area (Å²) in [5, 5.41) is 12.4. The first-order valence-electron chi connectivity index (χ1n) is 7.83. The van der Waals surface area contributed by atoms with Crippen LogP contribution in [0.25, 0.3) is 0 Å². The number of nitroso groups, excluding NO2 is 1. The van der Waals surface area contributed by atoms with Crippen molar-refractivity contribution in [2.24, 2.45) is 5.18 Å². The van der Waals surface area contributed by atoms with E-state index in [1.165, 1.54) is 38.5 Å². The van der Waals surface area contributed by atoms with Gasteiger partial charge >= 0.3 is 0 Å². The second kappa shape index (κ2) is 10.1. The van der Waals surface area contributed by atoms with Gasteiger partial charge in [0.2, 0.25) is 0 Å². The van der Waals surface area contributed by atoms with Crippen LogP contribution in [0.3, 0.4) is 0 Å². The van der Waals surface area contributed by atoms with Gasteiger partial charge in [0.1, 0.15) is 12.3 Å². The minimum atomic E-state index is -0.440. The fraction of sp³-hybridized carbons (Fsp3) is 0.588. The Morgan fingerprint density at radius 2 is 1.76 bits per heavy atom. The number of Topliss-reactive ketones (excluding diaryl/α,β-unsaturated/α-hetero) is 1. The largest absolute Gasteiger partial charge is 0.507 e. The third-order valence-electron chi connectivity index (χ3n) is 3.64. The molecule has 0 aliphatic rings. The molecule has 0 spiro atoms. The molecule has 4 nitrogen and oxygen atoms in total. The molecule has 1 aromatic rings. The molecule has 0 heterocycles. The molecule has 0 aliphatic heterocycles. The van der Waals surface area contributed by atoms with Gasteiger partial charge in [0.25, 0.3) is 0 Å². The number of hydrogen-bond donors (Lipinski definition) is 1. The van der Waals surface area contributed by atoms with Crippen molar-refractivity contribution in [1.82, 2.24) is 0 Å². The quantitative estimate of drug-likeness (QED) is 0.367. The van der Waals surface area contributed by atoms with Gasteiger partial charge in [0.05, 0.1) is 5.56 Å². The van der Waals surface area contributed by atoms with Gasteiger partial charge in [-0.1, -0.05) is 56.7 Å². The highest BCUT2D eigenvalue weighted by Gasteiger charge is 2.11. The topological polar surface area (TPSA) is 66.7 Å². The highest BCUT2D eigenvalue weighted by molar-refractivity contribution is 6.00. The number of phenolic OH excluding ortho intramolecular Hbond substituents is 1. The van der Waals surface area contributed by atoms with Gasteiger partial charge in [-0.05, 0) is 30.5 Å². The van der Waals surface area contributed by atoms with E-state index in [-0.39, 0.29) is 11.3 Å². The summed E-state index contributed by atoms with van der Waals surface area (Å²) in [6, 6.07) is 5.05. The third kappa shape index (κ3) is 6.52. The summed E-state index contributed by atoms with van der Waals surface area (Å²) in [6.07, 6.45) is 9.65. The minimum absolute atomic E-state index is 0.0518. The van der Waals surface area contributed by atoms with Crippen LogP contribution in [0.1, 0.15) is 67.8 Å². The molecule has 0 fully saturated rings. The Kier molecular flexibility index (Phi) is 8.32. The number of aryl methyl sites for hydroxylation is 1. The monoisotopic (exact) mass is 291 g/mol. The zero-order chi connectivity index (χ0) is 15.5. The predicted molar refractivity (Wildman–Crippen MR) is 84.8 cm³/mol. The average Bonchev–Trinajstić information content (AvgIpc) is 2.46. The standard InChI is InChI=1S/C17H25NO3/c1-2-3-4-5-6-7-8-9-14-10-11-15(16(19)12-14)17(20)13-18-21/h10-12,19H,2-9,13H2,1H3. The zero-order valence-electron chi connectivity index (χ0n) is 12.8. The van der Waals surface area contributed by atoms with E-state index in [0.29, 0.717) is 0 Å². The molecule has 0 aromatic heterocycles. The number of rotatable bonds is 11. The summed E-state index contributed by atoms with van der Waals surface area (Å²) in [7, 11) is 0. The molecule has 0 saturated heterocycles. The lowest BCUT2D eigenvalue weighted by molar-refractivity contribution is 0.0999. The Morgan fingerprint density at radius 3 is 2.38 bits per heavy atom. The second-order valence-electron chi connectivity index (χ2n) is 5.43. The van der Waals surface area contributed by atoms with Crippen LogP contribution >= 0.6 is 0 Å². The van der Waals surface area contributed by atoms with E-state index in [1.807, 2.05) is 6.07 Å². The Morgan fingerprint density at radius 1 is 1.10 bits per heavy atom. The van der Waals surface area contributed by atoms with Crippen LogP contribution in [0.15, 0.2) is 23.4 Å². The van der Waals surface area contributed by atoms with Crippen molar-refractivity contribution < 1.29 is 9.90 Å². The number of benzene rings is 1. The zero-order valence-corrected chi connectivity index (χ0v) is 12.8. The van der Waals surface area contributed by atoms with E-state index >= 15 is 0 Å². The molecule has 116 valence electrons. The van der Waals surface area contributed by atoms with Crippen molar-refractivity contribution in [2.45, 2.75) is 58.3 Å². The molecule has 0 aliphatic carbocycles. The van der Waals surface area contributed by atoms with Crippen LogP contribution in [0.4, 0.5) is 0 Å². The molecular formula is C17H25NO3. The second-order valence-corrected chi connectivity index (χ2v) is 5.43. The molecule has 0 atom stereocenters. The lowest BCUT2D eigenvalue weighted by Gasteiger charge is -2.06. The Labute approximate surface area is 126 Å². The van der Waals surface area contributed by atoms with Crippen LogP contribution in [-0.2, 0) is 6.42 Å². The molecule has 0 amide bonds. The van der Waals surface area contributed by atoms with Gasteiger partial charge in [0.15, 0.2) is 5.78 Å². The van der Waals surface area contributed by atoms with Gasteiger partial charge in [-0.15, -0.1) is 0 Å². The van der Waals surface area contributed by atoms with Gasteiger partial charge in [-0.2, -0.15) is 4.91 Å². The fourth-order valence-corrected chi connectivity index (χ4v) is 2.40. The van der Waals surface area contributed by atoms with Crippen LogP contribution < -0.4 is 0 Å². The summed E-state index contributed by atoms with van der Waals surface area (Å²) in [5.74, 6) is -0.492. The van der Waals surface area contributed by atoms with Crippen LogP contribution in [0, 0.1) is 4.91 Å². The normalized spacial score (nSPS) is 10.5. The fourth-order valence-electron chi connectivity index (χ4n) is 2.40. The maximum Gasteiger partial charge on any atom is 0.191 e. The summed E-state index contributed by atoms with van der Waals surface area (Å²) in [6.45, 7) is 1.79. The maximum absolute atomic E-state index is 11.5. The summed E-state index contributed by atoms with van der Waals surface area (Å²) >= 11 is 0. The van der Waals surface area contributed by atoms with Crippen molar-refractivity contribution in [3.05, 3.63) is 34.2 Å². The summed E-state index contributed by atoms with van der Waals surface area (Å²) < 4.78 is 0. The summed E-state index contributed by atoms with van der Waals surface area (Å²) in [4.78, 5) is 21.6. The molecular weight excluding hydrogens is 266 g/mol. The third-order valence-corrected chi connectivity index (χ3v) is 3.64. The van der Waals surface area contributed by atoms with Crippen molar-refractivity contribution in [1.29, 1.82) is 0 Å². The van der Waals surface area contributed by atoms with Gasteiger partial charge in [-0.25, -0.2) is 0 Å². The van der Waals surface area contributed by atoms with E-state index in [4.69, 9.17) is 0 Å². The molecule has 0 unspecified atom stereocenters. The first-order valence-corrected chi connectivity index (χ1v) is 7.83. The molecule has 4 heteroatoms. The van der Waals surface area contributed by atoms with Crippen molar-refractivity contribution >= 4 is 5.78 Å². The molecule has 0 radical (unpaired) electrons. The SMILES string of the molecule is CCCCCCCCCc1ccc(C(=O)CN=O)c(O)c1. The number of nitrogens with zero attached hydrogens (tertiary/aromatic N) is 1. The number of carbonyl (C=O) groups is 1. The first kappa shape index (κ1) is 17.3. The van der Waals surface area contributed by atoms with E-state index in [9.17, 15) is 14.8 Å². The number of hydrogen-bond acceptors (Lipinski definition) is 4. The van der Waals surface area contributed by atoms with E-state index < -0.39 is 12.3 Å². The van der Waals surface area contributed by atoms with Crippen LogP contribution in [0.2, 0.25) is 0 Å². The lowest BCUT2D eigenvalue weighted by Crippen LogP contribution is -2.03. The number of aromatic hydroxyl groups is 1. The number of carbonyl (C=O) groups excluding carboxylic acids is 1. The molecule has 1 rings (SSSR count). The summed E-state index contributed by atoms with van der Waals surface area (Å²) in [5.41, 5.74) is 1.20. The number of ketones is 1. The van der Waals surface area contributed by atoms with E-state index in [1.54, 1.807) is 12.1 Å². The highest BCUT2D eigenvalue weighted by atomic mass is 16.3. The van der Waals surface area contributed by atoms with Crippen molar-refractivity contribution in [2.75, 3.05) is 6.54 Å². The number of unbranched alkanes of at least 4 members (excludes halogenated alkanes) is 6. The predicted octanol–water partition coefficient (Wildman–Crippen LogP) is 4.63. The lowest BCUT2D eigenvalue weighted by atomic mass is 10.0. The van der Waals surface area contributed by atoms with Crippen molar-refractivity contribution in [3.8, 4) is 5.75 Å². The Balaban J connectivity index is 2.35. The number of phenols is 1. The average molecular weight is 291 g/mol. The minimum Gasteiger partial charge on any atom is -0.507 e. The van der Waals surface area contributed by atoms with Crippen LogP contribution in [0.5, 0.6) is 5.75 Å².